The second kappa shape index (κ2) is 5.65. The van der Waals surface area contributed by atoms with E-state index in [0.29, 0.717) is 10.8 Å². The molecule has 1 heterocycles. The lowest BCUT2D eigenvalue weighted by molar-refractivity contribution is 0.469. The van der Waals surface area contributed by atoms with Gasteiger partial charge in [-0.2, -0.15) is 0 Å². The van der Waals surface area contributed by atoms with Crippen molar-refractivity contribution >= 4 is 27.5 Å². The summed E-state index contributed by atoms with van der Waals surface area (Å²) >= 11 is 9.03. The molecule has 0 fully saturated rings. The first-order chi connectivity index (χ1) is 8.61. The van der Waals surface area contributed by atoms with E-state index in [1.165, 1.54) is 12.1 Å². The zero-order valence-electron chi connectivity index (χ0n) is 9.16. The molecule has 0 aliphatic rings. The van der Waals surface area contributed by atoms with E-state index >= 15 is 0 Å². The van der Waals surface area contributed by atoms with Crippen molar-refractivity contribution in [1.29, 1.82) is 0 Å². The Hall–Kier alpha value is -1.17. The minimum Gasteiger partial charge on any atom is -0.455 e. The van der Waals surface area contributed by atoms with Crippen LogP contribution in [0.2, 0.25) is 5.02 Å². The van der Waals surface area contributed by atoms with Crippen molar-refractivity contribution in [2.24, 2.45) is 5.73 Å². The van der Waals surface area contributed by atoms with E-state index in [1.807, 2.05) is 0 Å². The Bertz CT molecular complexity index is 580. The van der Waals surface area contributed by atoms with Gasteiger partial charge in [-0.25, -0.2) is 4.39 Å². The van der Waals surface area contributed by atoms with Crippen LogP contribution in [0.5, 0.6) is 11.5 Å². The molecule has 0 amide bonds. The standard InChI is InChI=1S/C12H9BrClFN2O/c13-8-3-9(14)12(4-10(8)15)18-11-1-2-17-6-7(11)5-16/h1-4,6H,5,16H2. The summed E-state index contributed by atoms with van der Waals surface area (Å²) in [5.41, 5.74) is 6.28. The fourth-order valence-corrected chi connectivity index (χ4v) is 2.05. The maximum absolute atomic E-state index is 13.4. The van der Waals surface area contributed by atoms with E-state index < -0.39 is 5.82 Å². The number of pyridine rings is 1. The molecular weight excluding hydrogens is 322 g/mol. The second-order valence-corrected chi connectivity index (χ2v) is 4.75. The van der Waals surface area contributed by atoms with Gasteiger partial charge in [0, 0.05) is 30.6 Å². The van der Waals surface area contributed by atoms with Crippen molar-refractivity contribution in [1.82, 2.24) is 4.98 Å². The summed E-state index contributed by atoms with van der Waals surface area (Å²) in [7, 11) is 0. The highest BCUT2D eigenvalue weighted by Gasteiger charge is 2.10. The van der Waals surface area contributed by atoms with Crippen molar-refractivity contribution in [3.05, 3.63) is 51.5 Å². The number of hydrogen-bond acceptors (Lipinski definition) is 3. The number of hydrogen-bond donors (Lipinski definition) is 1. The maximum atomic E-state index is 13.4. The summed E-state index contributed by atoms with van der Waals surface area (Å²) in [6.45, 7) is 0.278. The molecule has 0 saturated heterocycles. The highest BCUT2D eigenvalue weighted by atomic mass is 79.9. The number of nitrogens with zero attached hydrogens (tertiary/aromatic N) is 1. The van der Waals surface area contributed by atoms with Gasteiger partial charge < -0.3 is 10.5 Å². The largest absolute Gasteiger partial charge is 0.455 e. The molecule has 0 atom stereocenters. The second-order valence-electron chi connectivity index (χ2n) is 3.49. The molecule has 0 bridgehead atoms. The van der Waals surface area contributed by atoms with Crippen molar-refractivity contribution < 1.29 is 9.13 Å². The Morgan fingerprint density at radius 3 is 2.89 bits per heavy atom. The Balaban J connectivity index is 2.37. The van der Waals surface area contributed by atoms with Gasteiger partial charge in [0.15, 0.2) is 0 Å². The molecule has 2 aromatic rings. The van der Waals surface area contributed by atoms with Gasteiger partial charge in [0.2, 0.25) is 0 Å². The van der Waals surface area contributed by atoms with Gasteiger partial charge >= 0.3 is 0 Å². The SMILES string of the molecule is NCc1cnccc1Oc1cc(F)c(Br)cc1Cl. The zero-order chi connectivity index (χ0) is 13.1. The lowest BCUT2D eigenvalue weighted by atomic mass is 10.2. The fourth-order valence-electron chi connectivity index (χ4n) is 1.37. The zero-order valence-corrected chi connectivity index (χ0v) is 11.5. The first-order valence-corrected chi connectivity index (χ1v) is 6.24. The molecule has 0 unspecified atom stereocenters. The topological polar surface area (TPSA) is 48.1 Å². The third-order valence-corrected chi connectivity index (χ3v) is 3.18. The van der Waals surface area contributed by atoms with Gasteiger partial charge in [0.1, 0.15) is 17.3 Å². The highest BCUT2D eigenvalue weighted by Crippen LogP contribution is 2.34. The number of halogens is 3. The van der Waals surface area contributed by atoms with Gasteiger partial charge in [-0.05, 0) is 28.1 Å². The van der Waals surface area contributed by atoms with E-state index in [9.17, 15) is 4.39 Å². The molecule has 0 radical (unpaired) electrons. The van der Waals surface area contributed by atoms with Crippen molar-refractivity contribution in [3.8, 4) is 11.5 Å². The van der Waals surface area contributed by atoms with Gasteiger partial charge in [-0.3, -0.25) is 4.98 Å². The molecular formula is C12H9BrClFN2O. The third-order valence-electron chi connectivity index (χ3n) is 2.27. The average molecular weight is 332 g/mol. The highest BCUT2D eigenvalue weighted by molar-refractivity contribution is 9.10. The minimum absolute atomic E-state index is 0.235. The Kier molecular flexibility index (Phi) is 4.16. The van der Waals surface area contributed by atoms with Gasteiger partial charge in [-0.15, -0.1) is 0 Å². The van der Waals surface area contributed by atoms with Crippen LogP contribution in [0.1, 0.15) is 5.56 Å². The number of benzene rings is 1. The van der Waals surface area contributed by atoms with E-state index in [1.54, 1.807) is 18.5 Å². The van der Waals surface area contributed by atoms with Crippen LogP contribution in [0, 0.1) is 5.82 Å². The van der Waals surface area contributed by atoms with E-state index in [4.69, 9.17) is 22.1 Å². The van der Waals surface area contributed by atoms with Crippen LogP contribution in [0.25, 0.3) is 0 Å². The van der Waals surface area contributed by atoms with Crippen LogP contribution in [-0.4, -0.2) is 4.98 Å². The van der Waals surface area contributed by atoms with Crippen LogP contribution in [0.4, 0.5) is 4.39 Å². The van der Waals surface area contributed by atoms with Crippen molar-refractivity contribution in [2.75, 3.05) is 0 Å². The van der Waals surface area contributed by atoms with E-state index in [2.05, 4.69) is 20.9 Å². The summed E-state index contributed by atoms with van der Waals surface area (Å²) in [5.74, 6) is 0.298. The van der Waals surface area contributed by atoms with Crippen molar-refractivity contribution in [3.63, 3.8) is 0 Å². The maximum Gasteiger partial charge on any atom is 0.149 e. The lowest BCUT2D eigenvalue weighted by Crippen LogP contribution is -2.00. The predicted molar refractivity (Wildman–Crippen MR) is 71.3 cm³/mol. The summed E-state index contributed by atoms with van der Waals surface area (Å²) in [5, 5.41) is 0.308. The molecule has 3 nitrogen and oxygen atoms in total. The molecule has 2 rings (SSSR count). The molecule has 0 spiro atoms. The van der Waals surface area contributed by atoms with Crippen LogP contribution in [-0.2, 0) is 6.54 Å². The van der Waals surface area contributed by atoms with Gasteiger partial charge in [-0.1, -0.05) is 11.6 Å². The Morgan fingerprint density at radius 2 is 2.17 bits per heavy atom. The van der Waals surface area contributed by atoms with E-state index in [-0.39, 0.29) is 16.8 Å². The number of rotatable bonds is 3. The van der Waals surface area contributed by atoms with Gasteiger partial charge in [0.05, 0.1) is 9.50 Å². The number of aromatic nitrogens is 1. The Labute approximate surface area is 117 Å². The molecule has 94 valence electrons. The Morgan fingerprint density at radius 1 is 1.39 bits per heavy atom. The first-order valence-electron chi connectivity index (χ1n) is 5.07. The molecule has 0 aliphatic carbocycles. The molecule has 1 aromatic carbocycles. The summed E-state index contributed by atoms with van der Waals surface area (Å²) in [6.07, 6.45) is 3.16. The van der Waals surface area contributed by atoms with Crippen LogP contribution < -0.4 is 10.5 Å². The first kappa shape index (κ1) is 13.3. The summed E-state index contributed by atoms with van der Waals surface area (Å²) in [6, 6.07) is 4.31. The summed E-state index contributed by atoms with van der Waals surface area (Å²) in [4.78, 5) is 3.94. The smallest absolute Gasteiger partial charge is 0.149 e. The molecule has 0 saturated carbocycles. The fraction of sp³-hybridized carbons (Fsp3) is 0.0833. The van der Waals surface area contributed by atoms with Crippen LogP contribution in [0.15, 0.2) is 35.1 Å². The van der Waals surface area contributed by atoms with Crippen LogP contribution >= 0.6 is 27.5 Å². The summed E-state index contributed by atoms with van der Waals surface area (Å²) < 4.78 is 19.3. The molecule has 6 heteroatoms. The third kappa shape index (κ3) is 2.80. The molecule has 1 aromatic heterocycles. The monoisotopic (exact) mass is 330 g/mol. The molecule has 18 heavy (non-hydrogen) atoms. The normalized spacial score (nSPS) is 10.4. The van der Waals surface area contributed by atoms with Crippen molar-refractivity contribution in [2.45, 2.75) is 6.54 Å². The van der Waals surface area contributed by atoms with Gasteiger partial charge in [0.25, 0.3) is 0 Å². The molecule has 2 N–H and O–H groups in total. The lowest BCUT2D eigenvalue weighted by Gasteiger charge is -2.11. The number of nitrogens with two attached hydrogens (primary N) is 1. The number of ether oxygens (including phenoxy) is 1. The predicted octanol–water partition coefficient (Wildman–Crippen LogP) is 3.89. The minimum atomic E-state index is -0.447. The average Bonchev–Trinajstić information content (AvgIpc) is 2.36. The van der Waals surface area contributed by atoms with Crippen LogP contribution in [0.3, 0.4) is 0 Å². The molecule has 0 aliphatic heterocycles. The quantitative estimate of drug-likeness (QED) is 0.868. The van der Waals surface area contributed by atoms with E-state index in [0.717, 1.165) is 5.56 Å².